The van der Waals surface area contributed by atoms with E-state index in [1.54, 1.807) is 0 Å². The maximum absolute atomic E-state index is 13.0. The smallest absolute Gasteiger partial charge is 0.306 e. The molecule has 2 fully saturated rings. The van der Waals surface area contributed by atoms with Gasteiger partial charge in [0, 0.05) is 11.8 Å². The van der Waals surface area contributed by atoms with E-state index in [2.05, 4.69) is 68.4 Å². The van der Waals surface area contributed by atoms with Gasteiger partial charge in [-0.3, -0.25) is 4.79 Å². The fourth-order valence-electron chi connectivity index (χ4n) is 11.5. The minimum absolute atomic E-state index is 0.0268. The number of carbonyl (C=O) groups excluding carboxylic acids is 1. The molecule has 0 amide bonds. The summed E-state index contributed by atoms with van der Waals surface area (Å²) in [5, 5.41) is 0. The van der Waals surface area contributed by atoms with E-state index in [0.717, 1.165) is 24.7 Å². The molecule has 2 saturated carbocycles. The van der Waals surface area contributed by atoms with E-state index in [1.165, 1.54) is 115 Å². The van der Waals surface area contributed by atoms with Crippen molar-refractivity contribution in [3.8, 4) is 0 Å². The van der Waals surface area contributed by atoms with Crippen molar-refractivity contribution in [2.75, 3.05) is 0 Å². The van der Waals surface area contributed by atoms with Crippen LogP contribution in [0.4, 0.5) is 0 Å². The average Bonchev–Trinajstić information content (AvgIpc) is 3.24. The summed E-state index contributed by atoms with van der Waals surface area (Å²) in [6.07, 6.45) is 27.4. The van der Waals surface area contributed by atoms with Gasteiger partial charge < -0.3 is 4.74 Å². The number of esters is 1. The minimum atomic E-state index is 0.0268. The Hall–Kier alpha value is -1.05. The van der Waals surface area contributed by atoms with Crippen LogP contribution in [-0.2, 0) is 9.53 Å². The van der Waals surface area contributed by atoms with Crippen molar-refractivity contribution in [1.29, 1.82) is 0 Å². The van der Waals surface area contributed by atoms with Gasteiger partial charge in [0.2, 0.25) is 0 Å². The zero-order valence-electron chi connectivity index (χ0n) is 30.8. The molecule has 0 aromatic rings. The van der Waals surface area contributed by atoms with Crippen LogP contribution in [0.15, 0.2) is 22.8 Å². The van der Waals surface area contributed by atoms with Gasteiger partial charge in [-0.1, -0.05) is 123 Å². The SMILES string of the molecule is CCCCCCCCCCCC(=O)OC1CC[C@]2(C)C3=C(CCC2C1(C)C)[C@]1(C)CC[C@H]([C@H](C)CCC=C(C)C)[C@]1(C)CC3. The topological polar surface area (TPSA) is 26.3 Å². The summed E-state index contributed by atoms with van der Waals surface area (Å²) in [7, 11) is 0. The molecule has 252 valence electrons. The van der Waals surface area contributed by atoms with Crippen LogP contribution >= 0.6 is 0 Å². The largest absolute Gasteiger partial charge is 0.462 e. The molecule has 4 aliphatic carbocycles. The van der Waals surface area contributed by atoms with E-state index in [0.29, 0.717) is 23.2 Å². The second-order valence-electron chi connectivity index (χ2n) is 17.6. The monoisotopic (exact) mass is 609 g/mol. The summed E-state index contributed by atoms with van der Waals surface area (Å²) in [5.41, 5.74) is 6.25. The Balaban J connectivity index is 1.36. The van der Waals surface area contributed by atoms with Crippen LogP contribution in [0.25, 0.3) is 0 Å². The molecule has 0 aliphatic heterocycles. The molecular formula is C42H72O2. The molecule has 0 spiro atoms. The first kappa shape index (κ1) is 35.8. The molecule has 0 N–H and O–H groups in total. The molecule has 2 nitrogen and oxygen atoms in total. The molecule has 0 saturated heterocycles. The Kier molecular flexibility index (Phi) is 12.0. The summed E-state index contributed by atoms with van der Waals surface area (Å²) >= 11 is 0. The molecule has 0 aromatic heterocycles. The molecule has 0 heterocycles. The van der Waals surface area contributed by atoms with Crippen LogP contribution in [0, 0.1) is 39.4 Å². The summed E-state index contributed by atoms with van der Waals surface area (Å²) in [6.45, 7) is 22.2. The lowest BCUT2D eigenvalue weighted by atomic mass is 9.43. The van der Waals surface area contributed by atoms with Crippen LogP contribution in [-0.4, -0.2) is 12.1 Å². The van der Waals surface area contributed by atoms with Crippen LogP contribution in [0.1, 0.15) is 191 Å². The van der Waals surface area contributed by atoms with Crippen molar-refractivity contribution < 1.29 is 9.53 Å². The minimum Gasteiger partial charge on any atom is -0.462 e. The Morgan fingerprint density at radius 3 is 2.16 bits per heavy atom. The lowest BCUT2D eigenvalue weighted by molar-refractivity contribution is -0.170. The van der Waals surface area contributed by atoms with Crippen molar-refractivity contribution in [2.45, 2.75) is 197 Å². The number of rotatable bonds is 15. The first-order chi connectivity index (χ1) is 20.8. The van der Waals surface area contributed by atoms with Gasteiger partial charge in [0.1, 0.15) is 6.10 Å². The number of fused-ring (bicyclic) bond motifs is 4. The number of hydrogen-bond donors (Lipinski definition) is 0. The van der Waals surface area contributed by atoms with E-state index in [9.17, 15) is 4.79 Å². The number of unbranched alkanes of at least 4 members (excludes halogenated alkanes) is 8. The van der Waals surface area contributed by atoms with Gasteiger partial charge in [0.05, 0.1) is 0 Å². The lowest BCUT2D eigenvalue weighted by Crippen LogP contribution is -2.55. The highest BCUT2D eigenvalue weighted by Crippen LogP contribution is 2.72. The second-order valence-corrected chi connectivity index (χ2v) is 17.6. The van der Waals surface area contributed by atoms with Crippen molar-refractivity contribution in [2.24, 2.45) is 39.4 Å². The van der Waals surface area contributed by atoms with E-state index in [-0.39, 0.29) is 22.9 Å². The molecular weight excluding hydrogens is 536 g/mol. The Morgan fingerprint density at radius 1 is 0.841 bits per heavy atom. The third-order valence-corrected chi connectivity index (χ3v) is 14.4. The molecule has 2 heteroatoms. The zero-order valence-corrected chi connectivity index (χ0v) is 30.8. The first-order valence-electron chi connectivity index (χ1n) is 19.4. The molecule has 0 radical (unpaired) electrons. The van der Waals surface area contributed by atoms with E-state index in [1.807, 2.05) is 11.1 Å². The maximum Gasteiger partial charge on any atom is 0.306 e. The van der Waals surface area contributed by atoms with E-state index < -0.39 is 0 Å². The fourth-order valence-corrected chi connectivity index (χ4v) is 11.5. The van der Waals surface area contributed by atoms with Crippen LogP contribution in [0.5, 0.6) is 0 Å². The van der Waals surface area contributed by atoms with Gasteiger partial charge in [-0.15, -0.1) is 0 Å². The van der Waals surface area contributed by atoms with E-state index in [4.69, 9.17) is 4.74 Å². The van der Waals surface area contributed by atoms with Crippen molar-refractivity contribution in [3.05, 3.63) is 22.8 Å². The predicted molar refractivity (Wildman–Crippen MR) is 189 cm³/mol. The molecule has 4 aliphatic rings. The maximum atomic E-state index is 13.0. The predicted octanol–water partition coefficient (Wildman–Crippen LogP) is 13.0. The first-order valence-corrected chi connectivity index (χ1v) is 19.4. The van der Waals surface area contributed by atoms with Gasteiger partial charge in [-0.25, -0.2) is 0 Å². The van der Waals surface area contributed by atoms with Gasteiger partial charge >= 0.3 is 5.97 Å². The van der Waals surface area contributed by atoms with Gasteiger partial charge in [0.25, 0.3) is 0 Å². The molecule has 7 atom stereocenters. The molecule has 4 rings (SSSR count). The zero-order chi connectivity index (χ0) is 32.2. The van der Waals surface area contributed by atoms with Crippen LogP contribution in [0.3, 0.4) is 0 Å². The highest BCUT2D eigenvalue weighted by atomic mass is 16.5. The second kappa shape index (κ2) is 14.8. The summed E-state index contributed by atoms with van der Waals surface area (Å²) in [5.74, 6) is 2.30. The highest BCUT2D eigenvalue weighted by Gasteiger charge is 2.63. The molecule has 0 bridgehead atoms. The third kappa shape index (κ3) is 7.10. The number of ether oxygens (including phenoxy) is 1. The molecule has 44 heavy (non-hydrogen) atoms. The van der Waals surface area contributed by atoms with Gasteiger partial charge in [0.15, 0.2) is 0 Å². The summed E-state index contributed by atoms with van der Waals surface area (Å²) < 4.78 is 6.34. The van der Waals surface area contributed by atoms with Gasteiger partial charge in [-0.2, -0.15) is 0 Å². The molecule has 2 unspecified atom stereocenters. The average molecular weight is 609 g/mol. The quantitative estimate of drug-likeness (QED) is 0.105. The van der Waals surface area contributed by atoms with Crippen molar-refractivity contribution in [3.63, 3.8) is 0 Å². The number of allylic oxidation sites excluding steroid dienone is 4. The van der Waals surface area contributed by atoms with Gasteiger partial charge in [-0.05, 0) is 118 Å². The normalized spacial score (nSPS) is 35.0. The third-order valence-electron chi connectivity index (χ3n) is 14.4. The van der Waals surface area contributed by atoms with E-state index >= 15 is 0 Å². The van der Waals surface area contributed by atoms with Crippen molar-refractivity contribution >= 4 is 5.97 Å². The Bertz CT molecular complexity index is 1030. The van der Waals surface area contributed by atoms with Crippen LogP contribution in [0.2, 0.25) is 0 Å². The lowest BCUT2D eigenvalue weighted by Gasteiger charge is -2.62. The fraction of sp³-hybridized carbons (Fsp3) is 0.881. The Morgan fingerprint density at radius 2 is 1.50 bits per heavy atom. The number of carbonyl (C=O) groups is 1. The van der Waals surface area contributed by atoms with Crippen LogP contribution < -0.4 is 0 Å². The number of hydrogen-bond acceptors (Lipinski definition) is 2. The summed E-state index contributed by atoms with van der Waals surface area (Å²) in [6, 6.07) is 0. The highest BCUT2D eigenvalue weighted by molar-refractivity contribution is 5.69. The van der Waals surface area contributed by atoms with Crippen molar-refractivity contribution in [1.82, 2.24) is 0 Å². The standard InChI is InChI=1S/C42H72O2/c1-10-11-12-13-14-15-16-17-18-22-38(43)44-37-27-28-40(7)34-26-30-41(8)33(32(4)21-19-20-31(2)3)25-29-42(41,9)35(34)23-24-36(40)39(37,5)6/h20,32-33,36-37H,10-19,21-30H2,1-9H3/t32-,33-,36?,37?,40-,41+,42+/m1/s1. The molecule has 0 aromatic carbocycles. The summed E-state index contributed by atoms with van der Waals surface area (Å²) in [4.78, 5) is 13.0. The Labute approximate surface area is 274 Å².